The van der Waals surface area contributed by atoms with Crippen LogP contribution in [0.4, 0.5) is 0 Å². The van der Waals surface area contributed by atoms with Crippen molar-refractivity contribution in [1.82, 2.24) is 15.6 Å². The number of primary sulfonamides is 1. The first-order chi connectivity index (χ1) is 10.5. The molecule has 7 nitrogen and oxygen atoms in total. The zero-order valence-electron chi connectivity index (χ0n) is 12.4. The van der Waals surface area contributed by atoms with Crippen LogP contribution in [0.2, 0.25) is 0 Å². The zero-order valence-corrected chi connectivity index (χ0v) is 16.4. The lowest BCUT2D eigenvalue weighted by molar-refractivity contribution is 0.600. The Bertz CT molecular complexity index is 747. The van der Waals surface area contributed by atoms with Crippen molar-refractivity contribution in [3.63, 3.8) is 0 Å². The molecule has 0 unspecified atom stereocenters. The van der Waals surface area contributed by atoms with E-state index in [9.17, 15) is 8.42 Å². The van der Waals surface area contributed by atoms with Crippen molar-refractivity contribution < 1.29 is 8.42 Å². The van der Waals surface area contributed by atoms with E-state index in [-0.39, 0.29) is 28.2 Å². The summed E-state index contributed by atoms with van der Waals surface area (Å²) in [6.45, 7) is 1.01. The van der Waals surface area contributed by atoms with Gasteiger partial charge in [0.05, 0.1) is 18.8 Å². The minimum Gasteiger partial charge on any atom is -0.352 e. The fourth-order valence-corrected chi connectivity index (χ4v) is 3.39. The fraction of sp³-hybridized carbons (Fsp3) is 0.231. The highest BCUT2D eigenvalue weighted by Crippen LogP contribution is 2.19. The molecule has 0 radical (unpaired) electrons. The number of hydrogen-bond donors (Lipinski definition) is 3. The number of aliphatic imine (C=N–C) groups is 1. The minimum absolute atomic E-state index is 0. The van der Waals surface area contributed by atoms with Crippen molar-refractivity contribution in [2.24, 2.45) is 10.1 Å². The van der Waals surface area contributed by atoms with Gasteiger partial charge in [0.25, 0.3) is 0 Å². The van der Waals surface area contributed by atoms with E-state index in [0.29, 0.717) is 19.0 Å². The molecule has 0 amide bonds. The summed E-state index contributed by atoms with van der Waals surface area (Å²) in [6, 6.07) is 8.92. The van der Waals surface area contributed by atoms with E-state index in [1.807, 2.05) is 18.2 Å². The molecule has 10 heteroatoms. The van der Waals surface area contributed by atoms with Gasteiger partial charge in [-0.25, -0.2) is 13.6 Å². The van der Waals surface area contributed by atoms with E-state index < -0.39 is 10.0 Å². The molecule has 0 bridgehead atoms. The monoisotopic (exact) mass is 467 g/mol. The largest absolute Gasteiger partial charge is 0.352 e. The number of nitrogens with one attached hydrogen (secondary N) is 2. The van der Waals surface area contributed by atoms with Crippen molar-refractivity contribution in [3.05, 3.63) is 47.1 Å². The number of rotatable bonds is 5. The SMILES string of the molecule is CN=C(NCc1ccccn1)NCc1ccc(S(N)(=O)=O)s1.I. The number of halogens is 1. The molecule has 0 aliphatic rings. The Labute approximate surface area is 156 Å². The van der Waals surface area contributed by atoms with Gasteiger partial charge in [0.15, 0.2) is 5.96 Å². The predicted octanol–water partition coefficient (Wildman–Crippen LogP) is 1.27. The number of thiophene rings is 1. The van der Waals surface area contributed by atoms with E-state index in [2.05, 4.69) is 20.6 Å². The van der Waals surface area contributed by atoms with Crippen LogP contribution in [0.15, 0.2) is 45.7 Å². The molecule has 0 fully saturated rings. The van der Waals surface area contributed by atoms with Gasteiger partial charge in [0.1, 0.15) is 4.21 Å². The maximum atomic E-state index is 11.2. The Balaban J connectivity index is 0.00000264. The molecule has 0 saturated heterocycles. The molecule has 0 aromatic carbocycles. The molecule has 2 rings (SSSR count). The average molecular weight is 467 g/mol. The topological polar surface area (TPSA) is 109 Å². The van der Waals surface area contributed by atoms with E-state index in [1.54, 1.807) is 19.3 Å². The summed E-state index contributed by atoms with van der Waals surface area (Å²) >= 11 is 1.14. The van der Waals surface area contributed by atoms with Crippen LogP contribution in [-0.2, 0) is 23.1 Å². The fourth-order valence-electron chi connectivity index (χ4n) is 1.67. The third kappa shape index (κ3) is 6.41. The summed E-state index contributed by atoms with van der Waals surface area (Å²) in [4.78, 5) is 9.16. The number of aromatic nitrogens is 1. The van der Waals surface area contributed by atoms with E-state index >= 15 is 0 Å². The number of guanidine groups is 1. The molecule has 0 saturated carbocycles. The average Bonchev–Trinajstić information content (AvgIpc) is 2.97. The molecule has 2 aromatic rings. The van der Waals surface area contributed by atoms with Crippen LogP contribution in [0.5, 0.6) is 0 Å². The number of nitrogens with zero attached hydrogens (tertiary/aromatic N) is 2. The normalized spacial score (nSPS) is 11.7. The molecule has 0 spiro atoms. The highest BCUT2D eigenvalue weighted by Gasteiger charge is 2.11. The zero-order chi connectivity index (χ0) is 16.0. The van der Waals surface area contributed by atoms with Crippen molar-refractivity contribution in [2.75, 3.05) is 7.05 Å². The van der Waals surface area contributed by atoms with Gasteiger partial charge in [-0.2, -0.15) is 0 Å². The molecule has 2 aromatic heterocycles. The van der Waals surface area contributed by atoms with Crippen LogP contribution in [-0.4, -0.2) is 26.4 Å². The van der Waals surface area contributed by atoms with Gasteiger partial charge in [-0.3, -0.25) is 9.98 Å². The molecule has 2 heterocycles. The van der Waals surface area contributed by atoms with Crippen LogP contribution in [0.3, 0.4) is 0 Å². The quantitative estimate of drug-likeness (QED) is 0.349. The lowest BCUT2D eigenvalue weighted by Crippen LogP contribution is -2.36. The van der Waals surface area contributed by atoms with Gasteiger partial charge in [0.2, 0.25) is 10.0 Å². The Morgan fingerprint density at radius 3 is 2.57 bits per heavy atom. The molecule has 23 heavy (non-hydrogen) atoms. The van der Waals surface area contributed by atoms with Gasteiger partial charge in [-0.05, 0) is 24.3 Å². The summed E-state index contributed by atoms with van der Waals surface area (Å²) in [7, 11) is -1.97. The molecule has 0 aliphatic heterocycles. The van der Waals surface area contributed by atoms with Gasteiger partial charge >= 0.3 is 0 Å². The first-order valence-corrected chi connectivity index (χ1v) is 8.81. The Morgan fingerprint density at radius 2 is 2.00 bits per heavy atom. The lowest BCUT2D eigenvalue weighted by atomic mass is 10.3. The van der Waals surface area contributed by atoms with Gasteiger partial charge in [-0.1, -0.05) is 6.07 Å². The lowest BCUT2D eigenvalue weighted by Gasteiger charge is -2.10. The second-order valence-electron chi connectivity index (χ2n) is 4.37. The Kier molecular flexibility index (Phi) is 7.88. The standard InChI is InChI=1S/C13H17N5O2S2.HI/c1-15-13(17-8-10-4-2-3-7-16-10)18-9-11-5-6-12(21-11)22(14,19)20;/h2-7H,8-9H2,1H3,(H2,14,19,20)(H2,15,17,18);1H. The van der Waals surface area contributed by atoms with Crippen molar-refractivity contribution in [3.8, 4) is 0 Å². The number of sulfonamides is 1. The smallest absolute Gasteiger partial charge is 0.247 e. The van der Waals surface area contributed by atoms with Crippen LogP contribution in [0.1, 0.15) is 10.6 Å². The van der Waals surface area contributed by atoms with E-state index in [0.717, 1.165) is 21.9 Å². The summed E-state index contributed by atoms with van der Waals surface area (Å²) < 4.78 is 22.6. The molecular weight excluding hydrogens is 449 g/mol. The molecule has 4 N–H and O–H groups in total. The third-order valence-electron chi connectivity index (χ3n) is 2.73. The van der Waals surface area contributed by atoms with Gasteiger partial charge < -0.3 is 10.6 Å². The predicted molar refractivity (Wildman–Crippen MR) is 102 cm³/mol. The maximum absolute atomic E-state index is 11.2. The van der Waals surface area contributed by atoms with Crippen LogP contribution in [0.25, 0.3) is 0 Å². The first-order valence-electron chi connectivity index (χ1n) is 6.45. The van der Waals surface area contributed by atoms with Gasteiger partial charge in [0, 0.05) is 18.1 Å². The van der Waals surface area contributed by atoms with Crippen molar-refractivity contribution in [2.45, 2.75) is 17.3 Å². The maximum Gasteiger partial charge on any atom is 0.247 e. The number of pyridine rings is 1. The Morgan fingerprint density at radius 1 is 1.26 bits per heavy atom. The summed E-state index contributed by atoms with van der Waals surface area (Å²) in [5.41, 5.74) is 0.901. The molecule has 0 aliphatic carbocycles. The highest BCUT2D eigenvalue weighted by atomic mass is 127. The first kappa shape index (κ1) is 19.8. The van der Waals surface area contributed by atoms with E-state index in [4.69, 9.17) is 5.14 Å². The number of nitrogens with two attached hydrogens (primary N) is 1. The second-order valence-corrected chi connectivity index (χ2v) is 7.32. The van der Waals surface area contributed by atoms with Crippen molar-refractivity contribution >= 4 is 51.3 Å². The second kappa shape index (κ2) is 9.15. The summed E-state index contributed by atoms with van der Waals surface area (Å²) in [6.07, 6.45) is 1.73. The molecule has 126 valence electrons. The summed E-state index contributed by atoms with van der Waals surface area (Å²) in [5, 5.41) is 11.3. The van der Waals surface area contributed by atoms with Crippen molar-refractivity contribution in [1.29, 1.82) is 0 Å². The van der Waals surface area contributed by atoms with Gasteiger partial charge in [-0.15, -0.1) is 35.3 Å². The number of hydrogen-bond acceptors (Lipinski definition) is 5. The van der Waals surface area contributed by atoms with E-state index in [1.165, 1.54) is 6.07 Å². The van der Waals surface area contributed by atoms with Crippen LogP contribution >= 0.6 is 35.3 Å². The van der Waals surface area contributed by atoms with Crippen LogP contribution in [0, 0.1) is 0 Å². The minimum atomic E-state index is -3.64. The summed E-state index contributed by atoms with van der Waals surface area (Å²) in [5.74, 6) is 0.608. The Hall–Kier alpha value is -1.24. The third-order valence-corrected chi connectivity index (χ3v) is 5.26. The molecule has 0 atom stereocenters. The highest BCUT2D eigenvalue weighted by molar-refractivity contribution is 14.0. The van der Waals surface area contributed by atoms with Crippen LogP contribution < -0.4 is 15.8 Å². The molecular formula is C13H18IN5O2S2.